The van der Waals surface area contributed by atoms with E-state index in [0.29, 0.717) is 19.8 Å². The molecule has 14 heavy (non-hydrogen) atoms. The molecule has 2 heterocycles. The highest BCUT2D eigenvalue weighted by molar-refractivity contribution is 7.92. The Morgan fingerprint density at radius 2 is 2.21 bits per heavy atom. The molecule has 0 bridgehead atoms. The van der Waals surface area contributed by atoms with Crippen LogP contribution < -0.4 is 0 Å². The van der Waals surface area contributed by atoms with Gasteiger partial charge in [0.05, 0.1) is 12.1 Å². The van der Waals surface area contributed by atoms with Crippen LogP contribution in [-0.2, 0) is 14.8 Å². The fourth-order valence-corrected chi connectivity index (χ4v) is 3.73. The molecule has 0 aromatic rings. The highest BCUT2D eigenvalue weighted by atomic mass is 32.2. The summed E-state index contributed by atoms with van der Waals surface area (Å²) in [6, 6.07) is 0. The Bertz CT molecular complexity index is 324. The minimum atomic E-state index is -3.27. The van der Waals surface area contributed by atoms with Crippen LogP contribution in [0.2, 0.25) is 0 Å². The van der Waals surface area contributed by atoms with E-state index in [0.717, 1.165) is 24.7 Å². The molecule has 2 rings (SSSR count). The summed E-state index contributed by atoms with van der Waals surface area (Å²) >= 11 is 0. The van der Waals surface area contributed by atoms with Crippen molar-refractivity contribution in [3.63, 3.8) is 0 Å². The van der Waals surface area contributed by atoms with Crippen LogP contribution in [0.1, 0.15) is 19.3 Å². The zero-order chi connectivity index (χ0) is 10.2. The van der Waals surface area contributed by atoms with Crippen molar-refractivity contribution in [2.75, 3.05) is 19.8 Å². The molecule has 0 amide bonds. The first kappa shape index (κ1) is 10.1. The summed E-state index contributed by atoms with van der Waals surface area (Å²) < 4.78 is 30.3. The van der Waals surface area contributed by atoms with Crippen LogP contribution in [0.4, 0.5) is 0 Å². The van der Waals surface area contributed by atoms with Crippen molar-refractivity contribution in [1.82, 2.24) is 4.31 Å². The first-order valence-electron chi connectivity index (χ1n) is 4.84. The minimum Gasteiger partial charge on any atom is -0.379 e. The van der Waals surface area contributed by atoms with Gasteiger partial charge in [-0.15, -0.1) is 0 Å². The molecule has 80 valence electrons. The number of hydrogen-bond acceptors (Lipinski definition) is 3. The molecule has 2 aliphatic heterocycles. The number of hydrogen-bond donors (Lipinski definition) is 0. The molecule has 2 fully saturated rings. The maximum Gasteiger partial charge on any atom is 0.236 e. The average Bonchev–Trinajstić information content (AvgIpc) is 2.77. The third-order valence-electron chi connectivity index (χ3n) is 3.13. The third kappa shape index (κ3) is 1.39. The molecule has 2 aliphatic rings. The zero-order valence-corrected chi connectivity index (χ0v) is 8.92. The molecule has 1 atom stereocenters. The van der Waals surface area contributed by atoms with Gasteiger partial charge in [-0.3, -0.25) is 0 Å². The SMILES string of the molecule is C=CS(=O)(=O)N1CCCC12CCOC2. The summed E-state index contributed by atoms with van der Waals surface area (Å²) in [5.41, 5.74) is -0.257. The molecule has 0 saturated carbocycles. The summed E-state index contributed by atoms with van der Waals surface area (Å²) in [4.78, 5) is 0. The normalized spacial score (nSPS) is 34.0. The number of nitrogens with zero attached hydrogens (tertiary/aromatic N) is 1. The smallest absolute Gasteiger partial charge is 0.236 e. The quantitative estimate of drug-likeness (QED) is 0.684. The highest BCUT2D eigenvalue weighted by Gasteiger charge is 2.48. The van der Waals surface area contributed by atoms with Gasteiger partial charge in [0.2, 0.25) is 10.0 Å². The van der Waals surface area contributed by atoms with Crippen LogP contribution in [0.15, 0.2) is 12.0 Å². The second kappa shape index (κ2) is 3.32. The lowest BCUT2D eigenvalue weighted by atomic mass is 9.97. The largest absolute Gasteiger partial charge is 0.379 e. The number of ether oxygens (including phenoxy) is 1. The lowest BCUT2D eigenvalue weighted by Crippen LogP contribution is -2.46. The fourth-order valence-electron chi connectivity index (χ4n) is 2.39. The minimum absolute atomic E-state index is 0.257. The van der Waals surface area contributed by atoms with E-state index in [2.05, 4.69) is 6.58 Å². The molecule has 1 unspecified atom stereocenters. The third-order valence-corrected chi connectivity index (χ3v) is 4.74. The van der Waals surface area contributed by atoms with Gasteiger partial charge in [-0.05, 0) is 19.3 Å². The average molecular weight is 217 g/mol. The van der Waals surface area contributed by atoms with Crippen LogP contribution in [-0.4, -0.2) is 38.0 Å². The first-order valence-corrected chi connectivity index (χ1v) is 6.34. The number of sulfonamides is 1. The molecule has 0 aromatic carbocycles. The molecule has 2 saturated heterocycles. The van der Waals surface area contributed by atoms with Gasteiger partial charge in [-0.2, -0.15) is 4.31 Å². The Labute approximate surface area is 84.6 Å². The molecule has 1 spiro atoms. The van der Waals surface area contributed by atoms with Gasteiger partial charge >= 0.3 is 0 Å². The molecule has 5 heteroatoms. The van der Waals surface area contributed by atoms with E-state index in [-0.39, 0.29) is 5.54 Å². The molecule has 4 nitrogen and oxygen atoms in total. The van der Waals surface area contributed by atoms with Crippen molar-refractivity contribution in [2.45, 2.75) is 24.8 Å². The van der Waals surface area contributed by atoms with Gasteiger partial charge in [0.1, 0.15) is 0 Å². The zero-order valence-electron chi connectivity index (χ0n) is 8.11. The van der Waals surface area contributed by atoms with Gasteiger partial charge in [-0.1, -0.05) is 6.58 Å². The number of rotatable bonds is 2. The van der Waals surface area contributed by atoms with E-state index < -0.39 is 10.0 Å². The van der Waals surface area contributed by atoms with Crippen LogP contribution in [0, 0.1) is 0 Å². The Morgan fingerprint density at radius 1 is 1.43 bits per heavy atom. The molecule has 0 aromatic heterocycles. The van der Waals surface area contributed by atoms with E-state index >= 15 is 0 Å². The van der Waals surface area contributed by atoms with Crippen molar-refractivity contribution in [3.05, 3.63) is 12.0 Å². The lowest BCUT2D eigenvalue weighted by Gasteiger charge is -2.31. The molecule has 0 N–H and O–H groups in total. The summed E-state index contributed by atoms with van der Waals surface area (Å²) in [5.74, 6) is 0. The summed E-state index contributed by atoms with van der Waals surface area (Å²) in [6.45, 7) is 5.18. The molecule has 0 aliphatic carbocycles. The Hall–Kier alpha value is -0.390. The van der Waals surface area contributed by atoms with Crippen LogP contribution in [0.5, 0.6) is 0 Å². The van der Waals surface area contributed by atoms with Crippen LogP contribution in [0.25, 0.3) is 0 Å². The standard InChI is InChI=1S/C9H15NO3S/c1-2-14(11,12)10-6-3-4-9(10)5-7-13-8-9/h2H,1,3-8H2. The first-order chi connectivity index (χ1) is 6.61. The van der Waals surface area contributed by atoms with Crippen molar-refractivity contribution < 1.29 is 13.2 Å². The van der Waals surface area contributed by atoms with E-state index in [1.807, 2.05) is 0 Å². The second-order valence-electron chi connectivity index (χ2n) is 3.91. The molecular formula is C9H15NO3S. The van der Waals surface area contributed by atoms with E-state index in [4.69, 9.17) is 4.74 Å². The van der Waals surface area contributed by atoms with Crippen LogP contribution >= 0.6 is 0 Å². The van der Waals surface area contributed by atoms with Gasteiger partial charge in [0, 0.05) is 18.6 Å². The van der Waals surface area contributed by atoms with Gasteiger partial charge in [0.15, 0.2) is 0 Å². The summed E-state index contributed by atoms with van der Waals surface area (Å²) in [6.07, 6.45) is 2.66. The molecular weight excluding hydrogens is 202 g/mol. The van der Waals surface area contributed by atoms with Gasteiger partial charge in [0.25, 0.3) is 0 Å². The van der Waals surface area contributed by atoms with Crippen molar-refractivity contribution in [2.24, 2.45) is 0 Å². The van der Waals surface area contributed by atoms with Crippen molar-refractivity contribution >= 4 is 10.0 Å². The van der Waals surface area contributed by atoms with E-state index in [1.165, 1.54) is 0 Å². The maximum atomic E-state index is 11.7. The Balaban J connectivity index is 2.31. The monoisotopic (exact) mass is 217 g/mol. The van der Waals surface area contributed by atoms with Gasteiger partial charge in [-0.25, -0.2) is 8.42 Å². The summed E-state index contributed by atoms with van der Waals surface area (Å²) in [5, 5.41) is 1.04. The van der Waals surface area contributed by atoms with Crippen LogP contribution in [0.3, 0.4) is 0 Å². The predicted molar refractivity (Wildman–Crippen MR) is 53.2 cm³/mol. The Morgan fingerprint density at radius 3 is 2.79 bits per heavy atom. The van der Waals surface area contributed by atoms with E-state index in [1.54, 1.807) is 4.31 Å². The van der Waals surface area contributed by atoms with Gasteiger partial charge < -0.3 is 4.74 Å². The van der Waals surface area contributed by atoms with E-state index in [9.17, 15) is 8.42 Å². The lowest BCUT2D eigenvalue weighted by molar-refractivity contribution is 0.147. The molecule has 0 radical (unpaired) electrons. The topological polar surface area (TPSA) is 46.6 Å². The predicted octanol–water partition coefficient (Wildman–Crippen LogP) is 0.715. The fraction of sp³-hybridized carbons (Fsp3) is 0.778. The highest BCUT2D eigenvalue weighted by Crippen LogP contribution is 2.38. The Kier molecular flexibility index (Phi) is 2.41. The maximum absolute atomic E-state index is 11.7. The van der Waals surface area contributed by atoms with Crippen molar-refractivity contribution in [1.29, 1.82) is 0 Å². The second-order valence-corrected chi connectivity index (χ2v) is 5.72. The van der Waals surface area contributed by atoms with Crippen molar-refractivity contribution in [3.8, 4) is 0 Å². The summed E-state index contributed by atoms with van der Waals surface area (Å²) in [7, 11) is -3.27.